The highest BCUT2D eigenvalue weighted by molar-refractivity contribution is 7.75. The first kappa shape index (κ1) is 12.1. The summed E-state index contributed by atoms with van der Waals surface area (Å²) in [6, 6.07) is 7.44. The van der Waals surface area contributed by atoms with Gasteiger partial charge >= 0.3 is 0 Å². The topological polar surface area (TPSA) is 38.3 Å². The summed E-state index contributed by atoms with van der Waals surface area (Å²) in [6.45, 7) is 6.17. The first-order valence-corrected chi connectivity index (χ1v) is 5.03. The van der Waals surface area contributed by atoms with Crippen LogP contribution in [0.25, 0.3) is 0 Å². The zero-order chi connectivity index (χ0) is 11.5. The first-order chi connectivity index (χ1) is 6.96. The molecule has 1 N–H and O–H groups in total. The van der Waals surface area contributed by atoms with Crippen LogP contribution in [-0.4, -0.2) is 5.91 Å². The van der Waals surface area contributed by atoms with Crippen LogP contribution in [0.3, 0.4) is 0 Å². The molecule has 0 spiro atoms. The standard InChI is InChI=1S/C11H15NO2S/c1-11(2,3)9-7-5-4-6-8(9)10(13)12-14-15/h4-7,15H,1-3H3,(H,12,13). The highest BCUT2D eigenvalue weighted by atomic mass is 32.1. The van der Waals surface area contributed by atoms with E-state index in [9.17, 15) is 4.79 Å². The summed E-state index contributed by atoms with van der Waals surface area (Å²) < 4.78 is 4.32. The van der Waals surface area contributed by atoms with Crippen molar-refractivity contribution in [1.82, 2.24) is 5.48 Å². The molecule has 4 heteroatoms. The Morgan fingerprint density at radius 2 is 1.93 bits per heavy atom. The molecule has 1 aromatic rings. The zero-order valence-corrected chi connectivity index (χ0v) is 9.97. The molecule has 0 atom stereocenters. The number of carbonyl (C=O) groups is 1. The molecule has 0 saturated carbocycles. The third-order valence-electron chi connectivity index (χ3n) is 2.12. The smallest absolute Gasteiger partial charge is 0.267 e. The molecule has 1 aromatic carbocycles. The van der Waals surface area contributed by atoms with E-state index in [2.05, 4.69) is 43.4 Å². The molecule has 0 bridgehead atoms. The van der Waals surface area contributed by atoms with E-state index in [1.165, 1.54) is 0 Å². The van der Waals surface area contributed by atoms with Gasteiger partial charge in [0.15, 0.2) is 0 Å². The SMILES string of the molecule is CC(C)(C)c1ccccc1C(=O)NOS. The molecule has 0 aliphatic rings. The minimum atomic E-state index is -0.282. The van der Waals surface area contributed by atoms with Gasteiger partial charge in [-0.05, 0) is 17.0 Å². The number of thiol groups is 1. The van der Waals surface area contributed by atoms with Gasteiger partial charge in [0, 0.05) is 18.5 Å². The summed E-state index contributed by atoms with van der Waals surface area (Å²) in [6.07, 6.45) is 0. The molecule has 0 aliphatic carbocycles. The van der Waals surface area contributed by atoms with Crippen molar-refractivity contribution in [1.29, 1.82) is 0 Å². The number of amides is 1. The molecule has 82 valence electrons. The van der Waals surface area contributed by atoms with Crippen molar-refractivity contribution >= 4 is 18.8 Å². The van der Waals surface area contributed by atoms with Gasteiger partial charge in [0.2, 0.25) is 0 Å². The molecule has 15 heavy (non-hydrogen) atoms. The first-order valence-electron chi connectivity index (χ1n) is 4.67. The van der Waals surface area contributed by atoms with Crippen LogP contribution in [0, 0.1) is 0 Å². The number of hydrogen-bond acceptors (Lipinski definition) is 3. The van der Waals surface area contributed by atoms with Gasteiger partial charge in [0.25, 0.3) is 5.91 Å². The maximum atomic E-state index is 11.6. The highest BCUT2D eigenvalue weighted by Gasteiger charge is 2.20. The lowest BCUT2D eigenvalue weighted by atomic mass is 9.83. The molecule has 1 amide bonds. The quantitative estimate of drug-likeness (QED) is 0.461. The van der Waals surface area contributed by atoms with Crippen molar-refractivity contribution in [2.75, 3.05) is 0 Å². The van der Waals surface area contributed by atoms with Crippen molar-refractivity contribution in [3.05, 3.63) is 35.4 Å². The molecule has 0 saturated heterocycles. The van der Waals surface area contributed by atoms with Crippen LogP contribution in [0.4, 0.5) is 0 Å². The van der Waals surface area contributed by atoms with E-state index >= 15 is 0 Å². The number of rotatable bonds is 2. The number of carbonyl (C=O) groups excluding carboxylic acids is 1. The Labute approximate surface area is 95.4 Å². The van der Waals surface area contributed by atoms with Crippen molar-refractivity contribution in [3.63, 3.8) is 0 Å². The van der Waals surface area contributed by atoms with E-state index in [0.717, 1.165) is 5.56 Å². The number of hydroxylamine groups is 1. The second-order valence-corrected chi connectivity index (χ2v) is 4.50. The van der Waals surface area contributed by atoms with Crippen molar-refractivity contribution in [2.45, 2.75) is 26.2 Å². The molecule has 0 unspecified atom stereocenters. The highest BCUT2D eigenvalue weighted by Crippen LogP contribution is 2.25. The van der Waals surface area contributed by atoms with Crippen molar-refractivity contribution in [3.8, 4) is 0 Å². The van der Waals surface area contributed by atoms with Gasteiger partial charge in [0.05, 0.1) is 0 Å². The molecule has 0 fully saturated rings. The summed E-state index contributed by atoms with van der Waals surface area (Å²) in [5.74, 6) is -0.282. The Balaban J connectivity index is 3.12. The van der Waals surface area contributed by atoms with Crippen molar-refractivity contribution in [2.24, 2.45) is 0 Å². The zero-order valence-electron chi connectivity index (χ0n) is 9.07. The second kappa shape index (κ2) is 4.68. The van der Waals surface area contributed by atoms with Crippen molar-refractivity contribution < 1.29 is 9.08 Å². The van der Waals surface area contributed by atoms with E-state index in [-0.39, 0.29) is 11.3 Å². The van der Waals surface area contributed by atoms with Gasteiger partial charge in [-0.3, -0.25) is 4.79 Å². The summed E-state index contributed by atoms with van der Waals surface area (Å²) >= 11 is 3.49. The molecule has 0 radical (unpaired) electrons. The average molecular weight is 225 g/mol. The van der Waals surface area contributed by atoms with Gasteiger partial charge in [0.1, 0.15) is 0 Å². The van der Waals surface area contributed by atoms with Gasteiger partial charge in [-0.25, -0.2) is 9.76 Å². The summed E-state index contributed by atoms with van der Waals surface area (Å²) in [5, 5.41) is 0. The normalized spacial score (nSPS) is 11.2. The van der Waals surface area contributed by atoms with Crippen LogP contribution in [-0.2, 0) is 9.70 Å². The van der Waals surface area contributed by atoms with Crippen LogP contribution < -0.4 is 5.48 Å². The van der Waals surface area contributed by atoms with E-state index in [1.807, 2.05) is 18.2 Å². The van der Waals surface area contributed by atoms with Gasteiger partial charge in [-0.1, -0.05) is 39.0 Å². The summed E-state index contributed by atoms with van der Waals surface area (Å²) in [4.78, 5) is 11.6. The number of nitrogens with one attached hydrogen (secondary N) is 1. The second-order valence-electron chi connectivity index (χ2n) is 4.32. The minimum Gasteiger partial charge on any atom is -0.267 e. The summed E-state index contributed by atoms with van der Waals surface area (Å²) in [5.41, 5.74) is 3.71. The number of benzene rings is 1. The number of hydrogen-bond donors (Lipinski definition) is 2. The summed E-state index contributed by atoms with van der Waals surface area (Å²) in [7, 11) is 0. The van der Waals surface area contributed by atoms with E-state index in [0.29, 0.717) is 5.56 Å². The Morgan fingerprint density at radius 3 is 2.47 bits per heavy atom. The van der Waals surface area contributed by atoms with Crippen LogP contribution in [0.1, 0.15) is 36.7 Å². The van der Waals surface area contributed by atoms with Crippen LogP contribution in [0.2, 0.25) is 0 Å². The Kier molecular flexibility index (Phi) is 3.77. The molecular weight excluding hydrogens is 210 g/mol. The average Bonchev–Trinajstić information content (AvgIpc) is 2.17. The fourth-order valence-electron chi connectivity index (χ4n) is 1.43. The Hall–Kier alpha value is -1.00. The third kappa shape index (κ3) is 2.97. The van der Waals surface area contributed by atoms with Gasteiger partial charge in [-0.2, -0.15) is 0 Å². The molecule has 1 rings (SSSR count). The largest absolute Gasteiger partial charge is 0.276 e. The van der Waals surface area contributed by atoms with Crippen LogP contribution in [0.15, 0.2) is 24.3 Å². The monoisotopic (exact) mass is 225 g/mol. The minimum absolute atomic E-state index is 0.0788. The van der Waals surface area contributed by atoms with E-state index < -0.39 is 0 Å². The third-order valence-corrected chi connectivity index (χ3v) is 2.21. The molecule has 0 aliphatic heterocycles. The lowest BCUT2D eigenvalue weighted by Gasteiger charge is -2.21. The predicted octanol–water partition coefficient (Wildman–Crippen LogP) is 2.49. The fraction of sp³-hybridized carbons (Fsp3) is 0.364. The van der Waals surface area contributed by atoms with Gasteiger partial charge in [-0.15, -0.1) is 0 Å². The maximum Gasteiger partial charge on any atom is 0.276 e. The lowest BCUT2D eigenvalue weighted by Crippen LogP contribution is -2.25. The van der Waals surface area contributed by atoms with E-state index in [1.54, 1.807) is 6.07 Å². The Bertz CT molecular complexity index is 358. The predicted molar refractivity (Wildman–Crippen MR) is 62.7 cm³/mol. The van der Waals surface area contributed by atoms with Crippen LogP contribution in [0.5, 0.6) is 0 Å². The lowest BCUT2D eigenvalue weighted by molar-refractivity contribution is 0.0800. The molecule has 0 heterocycles. The maximum absolute atomic E-state index is 11.6. The van der Waals surface area contributed by atoms with Crippen LogP contribution >= 0.6 is 12.9 Å². The fourth-order valence-corrected chi connectivity index (χ4v) is 1.51. The van der Waals surface area contributed by atoms with Gasteiger partial charge < -0.3 is 0 Å². The molecule has 0 aromatic heterocycles. The molecule has 3 nitrogen and oxygen atoms in total. The van der Waals surface area contributed by atoms with E-state index in [4.69, 9.17) is 0 Å². The molecular formula is C11H15NO2S. The Morgan fingerprint density at radius 1 is 1.33 bits per heavy atom.